The molecule has 2 aromatic rings. The highest BCUT2D eigenvalue weighted by Gasteiger charge is 1.96. The molecule has 0 amide bonds. The van der Waals surface area contributed by atoms with Crippen LogP contribution in [0.3, 0.4) is 0 Å². The van der Waals surface area contributed by atoms with Gasteiger partial charge in [-0.05, 0) is 23.8 Å². The Hall–Kier alpha value is -1.83. The Kier molecular flexibility index (Phi) is 1.74. The molecule has 0 saturated heterocycles. The van der Waals surface area contributed by atoms with Crippen molar-refractivity contribution in [1.29, 1.82) is 0 Å². The van der Waals surface area contributed by atoms with Gasteiger partial charge in [0.05, 0.1) is 5.52 Å². The summed E-state index contributed by atoms with van der Waals surface area (Å²) in [5.41, 5.74) is 8.12. The minimum atomic E-state index is 0.589. The molecule has 0 aliphatic carbocycles. The lowest BCUT2D eigenvalue weighted by molar-refractivity contribution is 1.41. The van der Waals surface area contributed by atoms with E-state index in [0.29, 0.717) is 5.70 Å². The lowest BCUT2D eigenvalue weighted by Gasteiger charge is -2.01. The van der Waals surface area contributed by atoms with Crippen LogP contribution in [0.4, 0.5) is 0 Å². The quantitative estimate of drug-likeness (QED) is 0.712. The first kappa shape index (κ1) is 7.80. The zero-order chi connectivity index (χ0) is 9.26. The monoisotopic (exact) mass is 170 g/mol. The van der Waals surface area contributed by atoms with Gasteiger partial charge in [0.25, 0.3) is 0 Å². The molecule has 0 radical (unpaired) electrons. The van der Waals surface area contributed by atoms with Crippen molar-refractivity contribution in [3.8, 4) is 0 Å². The van der Waals surface area contributed by atoms with E-state index in [1.54, 1.807) is 6.20 Å². The number of pyridine rings is 1. The third-order valence-electron chi connectivity index (χ3n) is 1.97. The van der Waals surface area contributed by atoms with E-state index in [2.05, 4.69) is 11.6 Å². The first-order valence-corrected chi connectivity index (χ1v) is 4.07. The Morgan fingerprint density at radius 3 is 2.92 bits per heavy atom. The Balaban J connectivity index is 2.69. The van der Waals surface area contributed by atoms with Gasteiger partial charge in [0.1, 0.15) is 0 Å². The van der Waals surface area contributed by atoms with Gasteiger partial charge >= 0.3 is 0 Å². The number of nitrogens with zero attached hydrogens (tertiary/aromatic N) is 1. The zero-order valence-corrected chi connectivity index (χ0v) is 7.20. The van der Waals surface area contributed by atoms with Crippen LogP contribution in [0, 0.1) is 0 Å². The highest BCUT2D eigenvalue weighted by Crippen LogP contribution is 2.15. The minimum Gasteiger partial charge on any atom is -0.399 e. The van der Waals surface area contributed by atoms with E-state index in [-0.39, 0.29) is 0 Å². The van der Waals surface area contributed by atoms with Crippen molar-refractivity contribution in [1.82, 2.24) is 4.98 Å². The maximum absolute atomic E-state index is 5.59. The van der Waals surface area contributed by atoms with Crippen molar-refractivity contribution in [3.63, 3.8) is 0 Å². The highest BCUT2D eigenvalue weighted by molar-refractivity contribution is 5.82. The molecule has 0 aliphatic heterocycles. The Morgan fingerprint density at radius 2 is 2.15 bits per heavy atom. The molecule has 0 bridgehead atoms. The fourth-order valence-electron chi connectivity index (χ4n) is 1.28. The summed E-state index contributed by atoms with van der Waals surface area (Å²) >= 11 is 0. The molecule has 2 N–H and O–H groups in total. The van der Waals surface area contributed by atoms with E-state index in [0.717, 1.165) is 16.5 Å². The molecule has 0 unspecified atom stereocenters. The van der Waals surface area contributed by atoms with Gasteiger partial charge in [-0.3, -0.25) is 4.98 Å². The third kappa shape index (κ3) is 1.38. The Bertz CT molecular complexity index is 460. The summed E-state index contributed by atoms with van der Waals surface area (Å²) < 4.78 is 0. The van der Waals surface area contributed by atoms with Crippen LogP contribution >= 0.6 is 0 Å². The molecule has 0 fully saturated rings. The molecule has 1 aromatic carbocycles. The van der Waals surface area contributed by atoms with E-state index in [4.69, 9.17) is 5.73 Å². The first-order chi connectivity index (χ1) is 6.27. The second kappa shape index (κ2) is 2.90. The molecule has 13 heavy (non-hydrogen) atoms. The van der Waals surface area contributed by atoms with E-state index in [1.165, 1.54) is 0 Å². The molecular weight excluding hydrogens is 160 g/mol. The number of rotatable bonds is 1. The zero-order valence-electron chi connectivity index (χ0n) is 7.20. The van der Waals surface area contributed by atoms with Crippen molar-refractivity contribution in [2.45, 2.75) is 0 Å². The van der Waals surface area contributed by atoms with Crippen LogP contribution in [0.15, 0.2) is 43.1 Å². The van der Waals surface area contributed by atoms with Crippen LogP contribution in [-0.2, 0) is 0 Å². The van der Waals surface area contributed by atoms with Gasteiger partial charge in [-0.1, -0.05) is 18.7 Å². The van der Waals surface area contributed by atoms with Crippen molar-refractivity contribution in [2.75, 3.05) is 0 Å². The first-order valence-electron chi connectivity index (χ1n) is 4.07. The molecule has 1 aromatic heterocycles. The number of fused-ring (bicyclic) bond motifs is 1. The molecule has 0 spiro atoms. The fourth-order valence-corrected chi connectivity index (χ4v) is 1.28. The number of hydrogen-bond acceptors (Lipinski definition) is 2. The Morgan fingerprint density at radius 1 is 1.31 bits per heavy atom. The summed E-state index contributed by atoms with van der Waals surface area (Å²) in [5, 5.41) is 1.09. The van der Waals surface area contributed by atoms with E-state index < -0.39 is 0 Å². The Labute approximate surface area is 76.7 Å². The fraction of sp³-hybridized carbons (Fsp3) is 0. The number of nitrogens with two attached hydrogens (primary N) is 1. The molecule has 1 heterocycles. The minimum absolute atomic E-state index is 0.589. The van der Waals surface area contributed by atoms with E-state index >= 15 is 0 Å². The lowest BCUT2D eigenvalue weighted by Crippen LogP contribution is -1.93. The lowest BCUT2D eigenvalue weighted by atomic mass is 10.1. The number of aromatic nitrogens is 1. The standard InChI is InChI=1S/C11H10N2/c1-8(12)9-4-5-11-10(7-9)3-2-6-13-11/h2-7H,1,12H2. The van der Waals surface area contributed by atoms with Crippen LogP contribution in [0.1, 0.15) is 5.56 Å². The molecule has 0 saturated carbocycles. The summed E-state index contributed by atoms with van der Waals surface area (Å²) in [6, 6.07) is 9.78. The third-order valence-corrected chi connectivity index (χ3v) is 1.97. The molecular formula is C11H10N2. The van der Waals surface area contributed by atoms with Crippen molar-refractivity contribution in [2.24, 2.45) is 5.73 Å². The van der Waals surface area contributed by atoms with Crippen molar-refractivity contribution in [3.05, 3.63) is 48.7 Å². The molecule has 2 nitrogen and oxygen atoms in total. The van der Waals surface area contributed by atoms with Crippen LogP contribution in [0.25, 0.3) is 16.6 Å². The topological polar surface area (TPSA) is 38.9 Å². The summed E-state index contributed by atoms with van der Waals surface area (Å²) in [6.45, 7) is 3.69. The molecule has 64 valence electrons. The maximum Gasteiger partial charge on any atom is 0.0702 e. The van der Waals surface area contributed by atoms with Gasteiger partial charge in [-0.25, -0.2) is 0 Å². The predicted octanol–water partition coefficient (Wildman–Crippen LogP) is 2.16. The predicted molar refractivity (Wildman–Crippen MR) is 55.0 cm³/mol. The largest absolute Gasteiger partial charge is 0.399 e. The number of hydrogen-bond donors (Lipinski definition) is 1. The van der Waals surface area contributed by atoms with E-state index in [1.807, 2.05) is 30.3 Å². The highest BCUT2D eigenvalue weighted by atomic mass is 14.6. The number of benzene rings is 1. The van der Waals surface area contributed by atoms with Gasteiger partial charge in [0.2, 0.25) is 0 Å². The molecule has 0 aliphatic rings. The van der Waals surface area contributed by atoms with Crippen LogP contribution in [0.5, 0.6) is 0 Å². The summed E-state index contributed by atoms with van der Waals surface area (Å²) in [5.74, 6) is 0. The average molecular weight is 170 g/mol. The van der Waals surface area contributed by atoms with Gasteiger partial charge in [0.15, 0.2) is 0 Å². The van der Waals surface area contributed by atoms with Crippen molar-refractivity contribution >= 4 is 16.6 Å². The molecule has 2 rings (SSSR count). The second-order valence-corrected chi connectivity index (χ2v) is 2.94. The summed E-state index contributed by atoms with van der Waals surface area (Å²) in [4.78, 5) is 4.21. The normalized spacial score (nSPS) is 10.2. The van der Waals surface area contributed by atoms with Gasteiger partial charge < -0.3 is 5.73 Å². The van der Waals surface area contributed by atoms with Crippen molar-refractivity contribution < 1.29 is 0 Å². The summed E-state index contributed by atoms with van der Waals surface area (Å²) in [7, 11) is 0. The summed E-state index contributed by atoms with van der Waals surface area (Å²) in [6.07, 6.45) is 1.78. The van der Waals surface area contributed by atoms with E-state index in [9.17, 15) is 0 Å². The SMILES string of the molecule is C=C(N)c1ccc2ncccc2c1. The van der Waals surface area contributed by atoms with Crippen LogP contribution < -0.4 is 5.73 Å². The van der Waals surface area contributed by atoms with Gasteiger partial charge in [-0.15, -0.1) is 0 Å². The smallest absolute Gasteiger partial charge is 0.0702 e. The van der Waals surface area contributed by atoms with Gasteiger partial charge in [0, 0.05) is 17.3 Å². The van der Waals surface area contributed by atoms with Crippen LogP contribution in [-0.4, -0.2) is 4.98 Å². The average Bonchev–Trinajstić information content (AvgIpc) is 2.17. The van der Waals surface area contributed by atoms with Crippen LogP contribution in [0.2, 0.25) is 0 Å². The molecule has 2 heteroatoms. The maximum atomic E-state index is 5.59. The van der Waals surface area contributed by atoms with Gasteiger partial charge in [-0.2, -0.15) is 0 Å². The molecule has 0 atom stereocenters. The second-order valence-electron chi connectivity index (χ2n) is 2.94.